The van der Waals surface area contributed by atoms with Crippen molar-refractivity contribution < 1.29 is 9.53 Å². The highest BCUT2D eigenvalue weighted by molar-refractivity contribution is 5.72. The summed E-state index contributed by atoms with van der Waals surface area (Å²) in [5.74, 6) is -0.183. The summed E-state index contributed by atoms with van der Waals surface area (Å²) < 4.78 is 4.64. The van der Waals surface area contributed by atoms with Crippen LogP contribution >= 0.6 is 0 Å². The van der Waals surface area contributed by atoms with Gasteiger partial charge in [-0.3, -0.25) is 9.69 Å². The Balaban J connectivity index is 1.90. The lowest BCUT2D eigenvalue weighted by molar-refractivity contribution is -0.139. The molecule has 0 aliphatic carbocycles. The molecule has 92 valence electrons. The standard InChI is InChI=1S/C14H19NO2/c1-17-14(16)10-12-4-6-13(7-5-12)11-15-8-2-3-9-15/h4-7H,2-3,8-11H2,1H3. The molecule has 3 heteroatoms. The molecule has 0 atom stereocenters. The monoisotopic (exact) mass is 233 g/mol. The second-order valence-electron chi connectivity index (χ2n) is 4.55. The van der Waals surface area contributed by atoms with Crippen LogP contribution in [0.3, 0.4) is 0 Å². The van der Waals surface area contributed by atoms with Gasteiger partial charge in [-0.1, -0.05) is 24.3 Å². The number of benzene rings is 1. The maximum Gasteiger partial charge on any atom is 0.309 e. The smallest absolute Gasteiger partial charge is 0.309 e. The molecule has 0 saturated carbocycles. The Bertz CT molecular complexity index is 366. The lowest BCUT2D eigenvalue weighted by Crippen LogP contribution is -2.18. The van der Waals surface area contributed by atoms with E-state index in [0.717, 1.165) is 12.1 Å². The third-order valence-electron chi connectivity index (χ3n) is 3.20. The van der Waals surface area contributed by atoms with Gasteiger partial charge in [0.1, 0.15) is 0 Å². The van der Waals surface area contributed by atoms with E-state index in [4.69, 9.17) is 0 Å². The lowest BCUT2D eigenvalue weighted by Gasteiger charge is -2.14. The largest absolute Gasteiger partial charge is 0.469 e. The lowest BCUT2D eigenvalue weighted by atomic mass is 10.1. The van der Waals surface area contributed by atoms with Crippen molar-refractivity contribution in [1.29, 1.82) is 0 Å². The predicted octanol–water partition coefficient (Wildman–Crippen LogP) is 2.00. The van der Waals surface area contributed by atoms with Crippen molar-refractivity contribution in [2.75, 3.05) is 20.2 Å². The highest BCUT2D eigenvalue weighted by Gasteiger charge is 2.11. The van der Waals surface area contributed by atoms with Crippen molar-refractivity contribution >= 4 is 5.97 Å². The maximum atomic E-state index is 11.1. The summed E-state index contributed by atoms with van der Waals surface area (Å²) >= 11 is 0. The van der Waals surface area contributed by atoms with Crippen LogP contribution in [0.2, 0.25) is 0 Å². The van der Waals surface area contributed by atoms with E-state index in [9.17, 15) is 4.79 Å². The first kappa shape index (κ1) is 12.1. The molecule has 0 aromatic heterocycles. The van der Waals surface area contributed by atoms with Crippen molar-refractivity contribution in [3.63, 3.8) is 0 Å². The molecule has 0 bridgehead atoms. The fourth-order valence-corrected chi connectivity index (χ4v) is 2.20. The van der Waals surface area contributed by atoms with Gasteiger partial charge in [0.25, 0.3) is 0 Å². The average molecular weight is 233 g/mol. The number of ether oxygens (including phenoxy) is 1. The quantitative estimate of drug-likeness (QED) is 0.745. The first-order chi connectivity index (χ1) is 8.28. The summed E-state index contributed by atoms with van der Waals surface area (Å²) in [6.45, 7) is 3.45. The van der Waals surface area contributed by atoms with Gasteiger partial charge in [-0.2, -0.15) is 0 Å². The van der Waals surface area contributed by atoms with Gasteiger partial charge in [0.2, 0.25) is 0 Å². The summed E-state index contributed by atoms with van der Waals surface area (Å²) in [6, 6.07) is 8.25. The Hall–Kier alpha value is -1.35. The molecule has 1 heterocycles. The summed E-state index contributed by atoms with van der Waals surface area (Å²) in [4.78, 5) is 13.6. The fraction of sp³-hybridized carbons (Fsp3) is 0.500. The van der Waals surface area contributed by atoms with Crippen LogP contribution in [-0.2, 0) is 22.5 Å². The fourth-order valence-electron chi connectivity index (χ4n) is 2.20. The number of rotatable bonds is 4. The van der Waals surface area contributed by atoms with E-state index in [1.807, 2.05) is 12.1 Å². The van der Waals surface area contributed by atoms with Crippen LogP contribution in [0.5, 0.6) is 0 Å². The minimum absolute atomic E-state index is 0.183. The number of carbonyl (C=O) groups is 1. The Morgan fingerprint density at radius 1 is 1.18 bits per heavy atom. The molecule has 1 aliphatic heterocycles. The zero-order valence-electron chi connectivity index (χ0n) is 10.3. The highest BCUT2D eigenvalue weighted by Crippen LogP contribution is 2.13. The Labute approximate surface area is 102 Å². The first-order valence-corrected chi connectivity index (χ1v) is 6.15. The van der Waals surface area contributed by atoms with E-state index in [0.29, 0.717) is 6.42 Å². The molecular weight excluding hydrogens is 214 g/mol. The van der Waals surface area contributed by atoms with Gasteiger partial charge in [-0.25, -0.2) is 0 Å². The zero-order valence-corrected chi connectivity index (χ0v) is 10.3. The molecule has 17 heavy (non-hydrogen) atoms. The summed E-state index contributed by atoms with van der Waals surface area (Å²) in [5, 5.41) is 0. The van der Waals surface area contributed by atoms with Crippen molar-refractivity contribution in [3.05, 3.63) is 35.4 Å². The second kappa shape index (κ2) is 5.82. The van der Waals surface area contributed by atoms with Gasteiger partial charge < -0.3 is 4.74 Å². The molecule has 0 unspecified atom stereocenters. The predicted molar refractivity (Wildman–Crippen MR) is 66.7 cm³/mol. The van der Waals surface area contributed by atoms with E-state index >= 15 is 0 Å². The molecule has 2 rings (SSSR count). The third-order valence-corrected chi connectivity index (χ3v) is 3.20. The molecular formula is C14H19NO2. The number of nitrogens with zero attached hydrogens (tertiary/aromatic N) is 1. The van der Waals surface area contributed by atoms with E-state index in [1.165, 1.54) is 38.6 Å². The Morgan fingerprint density at radius 2 is 1.76 bits per heavy atom. The SMILES string of the molecule is COC(=O)Cc1ccc(CN2CCCC2)cc1. The van der Waals surface area contributed by atoms with Crippen LogP contribution in [0.15, 0.2) is 24.3 Å². The van der Waals surface area contributed by atoms with Gasteiger partial charge in [0, 0.05) is 6.54 Å². The number of likely N-dealkylation sites (tertiary alicyclic amines) is 1. The van der Waals surface area contributed by atoms with Crippen LogP contribution < -0.4 is 0 Å². The number of carbonyl (C=O) groups excluding carboxylic acids is 1. The Morgan fingerprint density at radius 3 is 2.35 bits per heavy atom. The normalized spacial score (nSPS) is 16.1. The van der Waals surface area contributed by atoms with Crippen LogP contribution in [0, 0.1) is 0 Å². The molecule has 3 nitrogen and oxygen atoms in total. The minimum Gasteiger partial charge on any atom is -0.469 e. The molecule has 1 fully saturated rings. The number of esters is 1. The molecule has 1 saturated heterocycles. The van der Waals surface area contributed by atoms with Crippen molar-refractivity contribution in [1.82, 2.24) is 4.90 Å². The maximum absolute atomic E-state index is 11.1. The van der Waals surface area contributed by atoms with E-state index < -0.39 is 0 Å². The molecule has 1 aliphatic rings. The Kier molecular flexibility index (Phi) is 4.15. The van der Waals surface area contributed by atoms with Crippen LogP contribution in [-0.4, -0.2) is 31.1 Å². The van der Waals surface area contributed by atoms with Gasteiger partial charge >= 0.3 is 5.97 Å². The van der Waals surface area contributed by atoms with Crippen molar-refractivity contribution in [2.45, 2.75) is 25.8 Å². The molecule has 1 aromatic rings. The first-order valence-electron chi connectivity index (χ1n) is 6.15. The topological polar surface area (TPSA) is 29.5 Å². The summed E-state index contributed by atoms with van der Waals surface area (Å²) in [6.07, 6.45) is 3.00. The number of methoxy groups -OCH3 is 1. The average Bonchev–Trinajstić information content (AvgIpc) is 2.84. The van der Waals surface area contributed by atoms with Crippen molar-refractivity contribution in [3.8, 4) is 0 Å². The van der Waals surface area contributed by atoms with Gasteiger partial charge in [0.05, 0.1) is 13.5 Å². The summed E-state index contributed by atoms with van der Waals surface area (Å²) in [7, 11) is 1.42. The molecule has 0 amide bonds. The van der Waals surface area contributed by atoms with Gasteiger partial charge in [-0.15, -0.1) is 0 Å². The molecule has 0 spiro atoms. The minimum atomic E-state index is -0.183. The van der Waals surface area contributed by atoms with Crippen molar-refractivity contribution in [2.24, 2.45) is 0 Å². The molecule has 0 radical (unpaired) electrons. The molecule has 0 N–H and O–H groups in total. The summed E-state index contributed by atoms with van der Waals surface area (Å²) in [5.41, 5.74) is 2.34. The van der Waals surface area contributed by atoms with Gasteiger partial charge in [0.15, 0.2) is 0 Å². The van der Waals surface area contributed by atoms with Crippen LogP contribution in [0.1, 0.15) is 24.0 Å². The van der Waals surface area contributed by atoms with E-state index in [1.54, 1.807) is 0 Å². The number of hydrogen-bond acceptors (Lipinski definition) is 3. The number of hydrogen-bond donors (Lipinski definition) is 0. The van der Waals surface area contributed by atoms with Crippen LogP contribution in [0.4, 0.5) is 0 Å². The van der Waals surface area contributed by atoms with Gasteiger partial charge in [-0.05, 0) is 37.1 Å². The highest BCUT2D eigenvalue weighted by atomic mass is 16.5. The third kappa shape index (κ3) is 3.56. The second-order valence-corrected chi connectivity index (χ2v) is 4.55. The molecule has 1 aromatic carbocycles. The van der Waals surface area contributed by atoms with Crippen LogP contribution in [0.25, 0.3) is 0 Å². The van der Waals surface area contributed by atoms with E-state index in [2.05, 4.69) is 21.8 Å². The zero-order chi connectivity index (χ0) is 12.1. The van der Waals surface area contributed by atoms with E-state index in [-0.39, 0.29) is 5.97 Å².